The Morgan fingerprint density at radius 3 is 2.52 bits per heavy atom. The van der Waals surface area contributed by atoms with Gasteiger partial charge in [-0.3, -0.25) is 4.79 Å². The summed E-state index contributed by atoms with van der Waals surface area (Å²) in [4.78, 5) is 24.6. The number of benzene rings is 3. The monoisotopic (exact) mass is 382 g/mol. The molecule has 0 saturated heterocycles. The van der Waals surface area contributed by atoms with Gasteiger partial charge >= 0.3 is 5.97 Å². The van der Waals surface area contributed by atoms with E-state index in [0.29, 0.717) is 17.1 Å². The zero-order chi connectivity index (χ0) is 20.2. The molecule has 0 amide bonds. The summed E-state index contributed by atoms with van der Waals surface area (Å²) in [5, 5.41) is 0. The van der Waals surface area contributed by atoms with Gasteiger partial charge in [-0.2, -0.15) is 0 Å². The van der Waals surface area contributed by atoms with Gasteiger partial charge in [0.05, 0.1) is 5.56 Å². The van der Waals surface area contributed by atoms with Gasteiger partial charge in [0, 0.05) is 12.1 Å². The van der Waals surface area contributed by atoms with Gasteiger partial charge in [-0.05, 0) is 42.3 Å². The van der Waals surface area contributed by atoms with Crippen LogP contribution in [-0.2, 0) is 4.79 Å². The summed E-state index contributed by atoms with van der Waals surface area (Å²) in [5.74, 6) is 0.248. The average Bonchev–Trinajstić information content (AvgIpc) is 3.02. The van der Waals surface area contributed by atoms with Gasteiger partial charge in [0.2, 0.25) is 5.78 Å². The Morgan fingerprint density at radius 2 is 1.72 bits per heavy atom. The van der Waals surface area contributed by atoms with E-state index in [-0.39, 0.29) is 11.5 Å². The predicted octanol–water partition coefficient (Wildman–Crippen LogP) is 5.23. The molecule has 3 aromatic rings. The fourth-order valence-corrected chi connectivity index (χ4v) is 3.02. The molecule has 0 aliphatic carbocycles. The maximum absolute atomic E-state index is 12.6. The molecule has 0 radical (unpaired) electrons. The lowest BCUT2D eigenvalue weighted by atomic mass is 10.1. The van der Waals surface area contributed by atoms with Gasteiger partial charge in [-0.25, -0.2) is 4.79 Å². The van der Waals surface area contributed by atoms with Gasteiger partial charge < -0.3 is 9.47 Å². The first-order valence-electron chi connectivity index (χ1n) is 9.18. The fraction of sp³-hybridized carbons (Fsp3) is 0.0400. The number of Topliss-reactive ketones (excluding diaryl/α,β-unsaturated/α-hetero) is 1. The Kier molecular flexibility index (Phi) is 5.08. The van der Waals surface area contributed by atoms with Crippen LogP contribution in [0, 0.1) is 6.92 Å². The van der Waals surface area contributed by atoms with E-state index in [1.807, 2.05) is 61.5 Å². The van der Waals surface area contributed by atoms with Crippen molar-refractivity contribution in [1.29, 1.82) is 0 Å². The number of fused-ring (bicyclic) bond motifs is 1. The largest absolute Gasteiger partial charge is 0.452 e. The molecular weight excluding hydrogens is 364 g/mol. The van der Waals surface area contributed by atoms with Gasteiger partial charge in [0.1, 0.15) is 11.5 Å². The molecule has 0 bridgehead atoms. The smallest absolute Gasteiger partial charge is 0.336 e. The third-order valence-electron chi connectivity index (χ3n) is 4.41. The third kappa shape index (κ3) is 4.33. The molecule has 3 aromatic carbocycles. The van der Waals surface area contributed by atoms with Crippen LogP contribution in [-0.4, -0.2) is 11.8 Å². The number of rotatable bonds is 4. The molecule has 0 atom stereocenters. The molecule has 1 aliphatic rings. The standard InChI is InChI=1S/C25H18O4/c1-17-6-5-9-19(14-17)15-23-25(27)21-12-11-20(16-22(21)29-23)28-24(26)13-10-18-7-3-2-4-8-18/h2-16H,1H3. The Morgan fingerprint density at radius 1 is 0.931 bits per heavy atom. The highest BCUT2D eigenvalue weighted by molar-refractivity contribution is 6.14. The average molecular weight is 382 g/mol. The van der Waals surface area contributed by atoms with Crippen LogP contribution in [0.1, 0.15) is 27.0 Å². The van der Waals surface area contributed by atoms with Crippen LogP contribution in [0.5, 0.6) is 11.5 Å². The van der Waals surface area contributed by atoms with Crippen molar-refractivity contribution in [3.63, 3.8) is 0 Å². The molecule has 1 heterocycles. The number of carbonyl (C=O) groups excluding carboxylic acids is 2. The van der Waals surface area contributed by atoms with E-state index in [2.05, 4.69) is 0 Å². The Hall–Kier alpha value is -3.92. The first kappa shape index (κ1) is 18.4. The van der Waals surface area contributed by atoms with Crippen LogP contribution >= 0.6 is 0 Å². The molecule has 0 spiro atoms. The van der Waals surface area contributed by atoms with Crippen molar-refractivity contribution in [2.24, 2.45) is 0 Å². The minimum absolute atomic E-state index is 0.191. The first-order valence-corrected chi connectivity index (χ1v) is 9.18. The summed E-state index contributed by atoms with van der Waals surface area (Å²) < 4.78 is 11.0. The number of hydrogen-bond donors (Lipinski definition) is 0. The predicted molar refractivity (Wildman–Crippen MR) is 112 cm³/mol. The molecule has 0 N–H and O–H groups in total. The van der Waals surface area contributed by atoms with Crippen LogP contribution in [0.15, 0.2) is 84.6 Å². The van der Waals surface area contributed by atoms with Crippen LogP contribution in [0.3, 0.4) is 0 Å². The number of aryl methyl sites for hydroxylation is 1. The maximum Gasteiger partial charge on any atom is 0.336 e. The Bertz CT molecular complexity index is 1140. The topological polar surface area (TPSA) is 52.6 Å². The highest BCUT2D eigenvalue weighted by Crippen LogP contribution is 2.35. The van der Waals surface area contributed by atoms with Crippen molar-refractivity contribution in [2.75, 3.05) is 0 Å². The van der Waals surface area contributed by atoms with E-state index < -0.39 is 5.97 Å². The maximum atomic E-state index is 12.6. The lowest BCUT2D eigenvalue weighted by Crippen LogP contribution is -2.03. The Balaban J connectivity index is 1.49. The molecule has 142 valence electrons. The second kappa shape index (κ2) is 7.98. The lowest BCUT2D eigenvalue weighted by Gasteiger charge is -2.03. The SMILES string of the molecule is Cc1cccc(C=C2Oc3cc(OC(=O)C=Cc4ccccc4)ccc3C2=O)c1. The fourth-order valence-electron chi connectivity index (χ4n) is 3.02. The van der Waals surface area contributed by atoms with Crippen LogP contribution in [0.4, 0.5) is 0 Å². The van der Waals surface area contributed by atoms with E-state index in [1.54, 1.807) is 30.4 Å². The second-order valence-electron chi connectivity index (χ2n) is 6.68. The number of esters is 1. The van der Waals surface area contributed by atoms with Gasteiger partial charge in [0.15, 0.2) is 5.76 Å². The van der Waals surface area contributed by atoms with Gasteiger partial charge in [-0.15, -0.1) is 0 Å². The van der Waals surface area contributed by atoms with Crippen molar-refractivity contribution in [3.05, 3.63) is 107 Å². The molecule has 1 aliphatic heterocycles. The summed E-state index contributed by atoms with van der Waals surface area (Å²) in [6.07, 6.45) is 4.75. The number of hydrogen-bond acceptors (Lipinski definition) is 4. The van der Waals surface area contributed by atoms with Gasteiger partial charge in [0.25, 0.3) is 0 Å². The molecule has 0 saturated carbocycles. The molecule has 0 aromatic heterocycles. The molecule has 29 heavy (non-hydrogen) atoms. The number of ketones is 1. The van der Waals surface area contributed by atoms with Crippen molar-refractivity contribution in [2.45, 2.75) is 6.92 Å². The van der Waals surface area contributed by atoms with E-state index >= 15 is 0 Å². The van der Waals surface area contributed by atoms with Crippen molar-refractivity contribution in [1.82, 2.24) is 0 Å². The van der Waals surface area contributed by atoms with Gasteiger partial charge in [-0.1, -0.05) is 60.2 Å². The van der Waals surface area contributed by atoms with Crippen LogP contribution < -0.4 is 9.47 Å². The quantitative estimate of drug-likeness (QED) is 0.352. The molecule has 4 nitrogen and oxygen atoms in total. The van der Waals surface area contributed by atoms with Crippen molar-refractivity contribution in [3.8, 4) is 11.5 Å². The van der Waals surface area contributed by atoms with E-state index in [0.717, 1.165) is 16.7 Å². The summed E-state index contributed by atoms with van der Waals surface area (Å²) >= 11 is 0. The molecule has 4 rings (SSSR count). The van der Waals surface area contributed by atoms with Crippen molar-refractivity contribution < 1.29 is 19.1 Å². The minimum Gasteiger partial charge on any atom is -0.452 e. The zero-order valence-corrected chi connectivity index (χ0v) is 15.8. The van der Waals surface area contributed by atoms with Crippen molar-refractivity contribution >= 4 is 23.9 Å². The molecule has 0 fully saturated rings. The minimum atomic E-state index is -0.506. The lowest BCUT2D eigenvalue weighted by molar-refractivity contribution is -0.128. The highest BCUT2D eigenvalue weighted by Gasteiger charge is 2.27. The normalized spacial score (nSPS) is 14.1. The summed E-state index contributed by atoms with van der Waals surface area (Å²) in [5.41, 5.74) is 3.33. The summed E-state index contributed by atoms with van der Waals surface area (Å²) in [7, 11) is 0. The first-order chi connectivity index (χ1) is 14.1. The van der Waals surface area contributed by atoms with E-state index in [1.165, 1.54) is 6.08 Å². The number of ether oxygens (including phenoxy) is 2. The van der Waals surface area contributed by atoms with E-state index in [4.69, 9.17) is 9.47 Å². The Labute approximate surface area is 168 Å². The zero-order valence-electron chi connectivity index (χ0n) is 15.8. The second-order valence-corrected chi connectivity index (χ2v) is 6.68. The molecule has 4 heteroatoms. The molecular formula is C25H18O4. The summed E-state index contributed by atoms with van der Waals surface area (Å²) in [6.45, 7) is 1.99. The highest BCUT2D eigenvalue weighted by atomic mass is 16.5. The third-order valence-corrected chi connectivity index (χ3v) is 4.41. The van der Waals surface area contributed by atoms with Crippen LogP contribution in [0.2, 0.25) is 0 Å². The summed E-state index contributed by atoms with van der Waals surface area (Å²) in [6, 6.07) is 22.0. The molecule has 0 unspecified atom stereocenters. The number of allylic oxidation sites excluding steroid dienone is 1. The van der Waals surface area contributed by atoms with E-state index in [9.17, 15) is 9.59 Å². The van der Waals surface area contributed by atoms with Crippen LogP contribution in [0.25, 0.3) is 12.2 Å². The number of carbonyl (C=O) groups is 2.